The molecule has 0 fully saturated rings. The molecule has 0 aliphatic heterocycles. The van der Waals surface area contributed by atoms with Crippen LogP contribution in [0.3, 0.4) is 0 Å². The third-order valence-electron chi connectivity index (χ3n) is 4.53. The number of esters is 1. The first-order chi connectivity index (χ1) is 15.2. The van der Waals surface area contributed by atoms with Crippen molar-refractivity contribution >= 4 is 45.9 Å². The van der Waals surface area contributed by atoms with Crippen LogP contribution in [0.15, 0.2) is 35.7 Å². The van der Waals surface area contributed by atoms with Crippen LogP contribution in [0.4, 0.5) is 5.00 Å². The highest BCUT2D eigenvalue weighted by Crippen LogP contribution is 2.34. The standard InChI is InChI=1S/C22H24N4O4S2/c1-5-30-21(29)17-14(4)18(19(23)28)32-20(17)25-16(27)11-31-22-24-6-7-26(22)15-9-12(2)8-13(3)10-15/h6-10H,5,11H2,1-4H3,(H2,23,28)(H,25,27). The molecular formula is C22H24N4O4S2. The maximum absolute atomic E-state index is 12.7. The van der Waals surface area contributed by atoms with Crippen LogP contribution in [0, 0.1) is 20.8 Å². The maximum Gasteiger partial charge on any atom is 0.341 e. The van der Waals surface area contributed by atoms with Crippen molar-refractivity contribution in [2.24, 2.45) is 5.73 Å². The molecule has 0 aliphatic carbocycles. The molecule has 32 heavy (non-hydrogen) atoms. The molecule has 8 nitrogen and oxygen atoms in total. The van der Waals surface area contributed by atoms with Crippen LogP contribution >= 0.6 is 23.1 Å². The molecule has 0 radical (unpaired) electrons. The summed E-state index contributed by atoms with van der Waals surface area (Å²) in [6.07, 6.45) is 3.52. The second-order valence-electron chi connectivity index (χ2n) is 7.11. The minimum absolute atomic E-state index is 0.0624. The van der Waals surface area contributed by atoms with Crippen molar-refractivity contribution in [1.29, 1.82) is 0 Å². The van der Waals surface area contributed by atoms with Crippen LogP contribution in [0.5, 0.6) is 0 Å². The third kappa shape index (κ3) is 5.20. The van der Waals surface area contributed by atoms with Gasteiger partial charge in [0.05, 0.1) is 22.8 Å². The number of benzene rings is 1. The lowest BCUT2D eigenvalue weighted by molar-refractivity contribution is -0.113. The molecule has 0 bridgehead atoms. The molecule has 10 heteroatoms. The Balaban J connectivity index is 1.77. The summed E-state index contributed by atoms with van der Waals surface area (Å²) in [6.45, 7) is 7.51. The van der Waals surface area contributed by atoms with E-state index in [0.29, 0.717) is 10.7 Å². The van der Waals surface area contributed by atoms with Gasteiger partial charge in [-0.25, -0.2) is 9.78 Å². The highest BCUT2D eigenvalue weighted by Gasteiger charge is 2.25. The summed E-state index contributed by atoms with van der Waals surface area (Å²) in [6, 6.07) is 6.18. The minimum atomic E-state index is -0.664. The summed E-state index contributed by atoms with van der Waals surface area (Å²) in [4.78, 5) is 41.3. The van der Waals surface area contributed by atoms with Crippen LogP contribution in [0.2, 0.25) is 0 Å². The molecule has 168 valence electrons. The summed E-state index contributed by atoms with van der Waals surface area (Å²) >= 11 is 2.23. The molecule has 2 heterocycles. The fourth-order valence-electron chi connectivity index (χ4n) is 3.26. The number of carbonyl (C=O) groups excluding carboxylic acids is 3. The van der Waals surface area contributed by atoms with Crippen LogP contribution in [-0.4, -0.2) is 39.7 Å². The number of carbonyl (C=O) groups is 3. The highest BCUT2D eigenvalue weighted by atomic mass is 32.2. The van der Waals surface area contributed by atoms with Crippen molar-refractivity contribution < 1.29 is 19.1 Å². The number of aromatic nitrogens is 2. The zero-order chi connectivity index (χ0) is 23.4. The van der Waals surface area contributed by atoms with Gasteiger partial charge in [0.25, 0.3) is 5.91 Å². The number of amides is 2. The van der Waals surface area contributed by atoms with Crippen molar-refractivity contribution in [3.63, 3.8) is 0 Å². The molecule has 0 aliphatic rings. The van der Waals surface area contributed by atoms with Gasteiger partial charge in [-0.3, -0.25) is 14.2 Å². The molecule has 2 amide bonds. The molecule has 3 rings (SSSR count). The van der Waals surface area contributed by atoms with E-state index in [4.69, 9.17) is 10.5 Å². The minimum Gasteiger partial charge on any atom is -0.462 e. The van der Waals surface area contributed by atoms with Gasteiger partial charge in [-0.05, 0) is 56.5 Å². The number of thiophene rings is 1. The normalized spacial score (nSPS) is 10.8. The molecule has 0 spiro atoms. The van der Waals surface area contributed by atoms with E-state index in [0.717, 1.165) is 28.2 Å². The Hall–Kier alpha value is -3.11. The Morgan fingerprint density at radius 1 is 1.19 bits per heavy atom. The first kappa shape index (κ1) is 23.6. The van der Waals surface area contributed by atoms with Gasteiger partial charge in [0.15, 0.2) is 5.16 Å². The van der Waals surface area contributed by atoms with E-state index in [2.05, 4.69) is 16.4 Å². The number of nitrogens with one attached hydrogen (secondary N) is 1. The number of rotatable bonds is 8. The lowest BCUT2D eigenvalue weighted by Gasteiger charge is -2.10. The van der Waals surface area contributed by atoms with Crippen molar-refractivity contribution in [2.75, 3.05) is 17.7 Å². The van der Waals surface area contributed by atoms with Gasteiger partial charge in [-0.15, -0.1) is 11.3 Å². The summed E-state index contributed by atoms with van der Waals surface area (Å²) in [7, 11) is 0. The largest absolute Gasteiger partial charge is 0.462 e. The predicted octanol–water partition coefficient (Wildman–Crippen LogP) is 3.87. The van der Waals surface area contributed by atoms with Crippen LogP contribution < -0.4 is 11.1 Å². The molecule has 0 saturated heterocycles. The Morgan fingerprint density at radius 2 is 1.88 bits per heavy atom. The molecule has 0 unspecified atom stereocenters. The second kappa shape index (κ2) is 10.0. The van der Waals surface area contributed by atoms with E-state index in [9.17, 15) is 14.4 Å². The number of aryl methyl sites for hydroxylation is 2. The molecule has 2 aromatic heterocycles. The van der Waals surface area contributed by atoms with Gasteiger partial charge in [0.2, 0.25) is 5.91 Å². The number of nitrogens with zero attached hydrogens (tertiary/aromatic N) is 2. The third-order valence-corrected chi connectivity index (χ3v) is 6.72. The van der Waals surface area contributed by atoms with Gasteiger partial charge in [-0.2, -0.15) is 0 Å². The zero-order valence-electron chi connectivity index (χ0n) is 18.2. The van der Waals surface area contributed by atoms with Crippen LogP contribution in [0.1, 0.15) is 43.6 Å². The average molecular weight is 473 g/mol. The Labute approximate surface area is 194 Å². The van der Waals surface area contributed by atoms with Crippen LogP contribution in [-0.2, 0) is 9.53 Å². The number of imidazole rings is 1. The van der Waals surface area contributed by atoms with Crippen molar-refractivity contribution in [3.05, 3.63) is 57.7 Å². The first-order valence-electron chi connectivity index (χ1n) is 9.86. The van der Waals surface area contributed by atoms with E-state index >= 15 is 0 Å². The molecular weight excluding hydrogens is 448 g/mol. The topological polar surface area (TPSA) is 116 Å². The average Bonchev–Trinajstić information content (AvgIpc) is 3.30. The molecule has 3 N–H and O–H groups in total. The smallest absolute Gasteiger partial charge is 0.341 e. The van der Waals surface area contributed by atoms with E-state index < -0.39 is 11.9 Å². The fraction of sp³-hybridized carbons (Fsp3) is 0.273. The zero-order valence-corrected chi connectivity index (χ0v) is 19.9. The number of nitrogens with two attached hydrogens (primary N) is 1. The van der Waals surface area contributed by atoms with Gasteiger partial charge >= 0.3 is 5.97 Å². The van der Waals surface area contributed by atoms with E-state index in [-0.39, 0.29) is 33.7 Å². The number of hydrogen-bond acceptors (Lipinski definition) is 7. The summed E-state index contributed by atoms with van der Waals surface area (Å²) in [5.41, 5.74) is 9.19. The number of hydrogen-bond donors (Lipinski definition) is 2. The van der Waals surface area contributed by atoms with Crippen LogP contribution in [0.25, 0.3) is 5.69 Å². The number of thioether (sulfide) groups is 1. The molecule has 1 aromatic carbocycles. The molecule has 0 saturated carbocycles. The Kier molecular flexibility index (Phi) is 7.37. The summed E-state index contributed by atoms with van der Waals surface area (Å²) < 4.78 is 6.99. The monoisotopic (exact) mass is 472 g/mol. The highest BCUT2D eigenvalue weighted by molar-refractivity contribution is 7.99. The summed E-state index contributed by atoms with van der Waals surface area (Å²) in [5, 5.41) is 3.63. The van der Waals surface area contributed by atoms with Gasteiger partial charge in [0, 0.05) is 18.1 Å². The van der Waals surface area contributed by atoms with Crippen molar-refractivity contribution in [3.8, 4) is 5.69 Å². The van der Waals surface area contributed by atoms with E-state index in [1.165, 1.54) is 11.8 Å². The first-order valence-corrected chi connectivity index (χ1v) is 11.7. The maximum atomic E-state index is 12.7. The van der Waals surface area contributed by atoms with E-state index in [1.807, 2.05) is 36.7 Å². The van der Waals surface area contributed by atoms with Gasteiger partial charge in [0.1, 0.15) is 5.00 Å². The molecule has 0 atom stereocenters. The quantitative estimate of drug-likeness (QED) is 0.380. The van der Waals surface area contributed by atoms with Gasteiger partial charge < -0.3 is 15.8 Å². The van der Waals surface area contributed by atoms with Crippen molar-refractivity contribution in [1.82, 2.24) is 9.55 Å². The number of ether oxygens (including phenoxy) is 1. The number of anilines is 1. The van der Waals surface area contributed by atoms with Gasteiger partial charge in [-0.1, -0.05) is 17.8 Å². The number of primary amides is 1. The predicted molar refractivity (Wildman–Crippen MR) is 126 cm³/mol. The Morgan fingerprint density at radius 3 is 2.50 bits per heavy atom. The second-order valence-corrected chi connectivity index (χ2v) is 9.07. The molecule has 3 aromatic rings. The fourth-order valence-corrected chi connectivity index (χ4v) is 5.10. The van der Waals surface area contributed by atoms with E-state index in [1.54, 1.807) is 20.0 Å². The lowest BCUT2D eigenvalue weighted by atomic mass is 10.1. The summed E-state index contributed by atoms with van der Waals surface area (Å²) in [5.74, 6) is -1.55. The Bertz CT molecular complexity index is 1160. The SMILES string of the molecule is CCOC(=O)c1c(NC(=O)CSc2nccn2-c2cc(C)cc(C)c2)sc(C(N)=O)c1C. The van der Waals surface area contributed by atoms with Crippen molar-refractivity contribution in [2.45, 2.75) is 32.9 Å². The lowest BCUT2D eigenvalue weighted by Crippen LogP contribution is -2.17.